The van der Waals surface area contributed by atoms with Gasteiger partial charge in [-0.05, 0) is 37.3 Å². The molecule has 2 heteroatoms. The predicted molar refractivity (Wildman–Crippen MR) is 68.5 cm³/mol. The first-order valence-electron chi connectivity index (χ1n) is 6.41. The summed E-state index contributed by atoms with van der Waals surface area (Å²) in [5, 5.41) is 8.87. The molecule has 3 rings (SSSR count). The molecular formula is C15H16N2. The highest BCUT2D eigenvalue weighted by atomic mass is 14.8. The van der Waals surface area contributed by atoms with Crippen molar-refractivity contribution in [2.75, 3.05) is 0 Å². The maximum absolute atomic E-state index is 8.87. The summed E-state index contributed by atoms with van der Waals surface area (Å²) in [6, 6.07) is 10.8. The van der Waals surface area contributed by atoms with E-state index in [9.17, 15) is 0 Å². The molecule has 1 atom stereocenters. The summed E-state index contributed by atoms with van der Waals surface area (Å²) in [4.78, 5) is 4.81. The van der Waals surface area contributed by atoms with Crippen molar-refractivity contribution >= 4 is 11.4 Å². The third-order valence-electron chi connectivity index (χ3n) is 4.16. The lowest BCUT2D eigenvalue weighted by atomic mass is 9.67. The Bertz CT molecular complexity index is 510. The molecule has 0 radical (unpaired) electrons. The number of rotatable bonds is 2. The van der Waals surface area contributed by atoms with E-state index in [-0.39, 0.29) is 5.41 Å². The number of hydrogen-bond donors (Lipinski definition) is 0. The van der Waals surface area contributed by atoms with Crippen LogP contribution < -0.4 is 0 Å². The van der Waals surface area contributed by atoms with E-state index in [1.807, 2.05) is 0 Å². The fraction of sp³-hybridized carbons (Fsp3) is 0.467. The van der Waals surface area contributed by atoms with E-state index in [1.54, 1.807) is 0 Å². The Kier molecular flexibility index (Phi) is 2.48. The summed E-state index contributed by atoms with van der Waals surface area (Å²) >= 11 is 0. The zero-order valence-corrected chi connectivity index (χ0v) is 9.95. The highest BCUT2D eigenvalue weighted by molar-refractivity contribution is 6.02. The van der Waals surface area contributed by atoms with E-state index in [4.69, 9.17) is 10.3 Å². The Morgan fingerprint density at radius 3 is 3.06 bits per heavy atom. The monoisotopic (exact) mass is 224 g/mol. The minimum atomic E-state index is 0.102. The number of benzene rings is 1. The van der Waals surface area contributed by atoms with Crippen molar-refractivity contribution in [3.8, 4) is 6.07 Å². The molecule has 1 fully saturated rings. The van der Waals surface area contributed by atoms with Crippen molar-refractivity contribution in [3.63, 3.8) is 0 Å². The highest BCUT2D eigenvalue weighted by Crippen LogP contribution is 2.49. The first-order chi connectivity index (χ1) is 8.37. The summed E-state index contributed by atoms with van der Waals surface area (Å²) in [6.45, 7) is 0. The molecule has 0 N–H and O–H groups in total. The second-order valence-corrected chi connectivity index (χ2v) is 5.02. The average molecular weight is 224 g/mol. The molecule has 0 unspecified atom stereocenters. The third kappa shape index (κ3) is 1.50. The van der Waals surface area contributed by atoms with Gasteiger partial charge in [-0.3, -0.25) is 4.99 Å². The summed E-state index contributed by atoms with van der Waals surface area (Å²) in [5.41, 5.74) is 3.94. The minimum absolute atomic E-state index is 0.102. The maximum atomic E-state index is 8.87. The molecule has 0 bridgehead atoms. The van der Waals surface area contributed by atoms with Gasteiger partial charge in [-0.2, -0.15) is 5.26 Å². The normalized spacial score (nSPS) is 25.7. The minimum Gasteiger partial charge on any atom is -0.257 e. The van der Waals surface area contributed by atoms with Crippen LogP contribution in [0.15, 0.2) is 29.3 Å². The van der Waals surface area contributed by atoms with E-state index in [0.29, 0.717) is 6.42 Å². The van der Waals surface area contributed by atoms with E-state index in [2.05, 4.69) is 30.3 Å². The van der Waals surface area contributed by atoms with Crippen LogP contribution in [0.4, 0.5) is 5.69 Å². The zero-order chi connectivity index (χ0) is 11.7. The molecule has 86 valence electrons. The topological polar surface area (TPSA) is 36.1 Å². The number of hydrogen-bond acceptors (Lipinski definition) is 2. The average Bonchev–Trinajstić information content (AvgIpc) is 2.71. The smallest absolute Gasteiger partial charge is 0.0670 e. The number of nitrogens with zero attached hydrogens (tertiary/aromatic N) is 2. The van der Waals surface area contributed by atoms with E-state index < -0.39 is 0 Å². The van der Waals surface area contributed by atoms with Gasteiger partial charge < -0.3 is 0 Å². The maximum Gasteiger partial charge on any atom is 0.0670 e. The summed E-state index contributed by atoms with van der Waals surface area (Å²) < 4.78 is 0. The van der Waals surface area contributed by atoms with Crippen LogP contribution in [0, 0.1) is 11.3 Å². The molecule has 2 nitrogen and oxygen atoms in total. The Balaban J connectivity index is 2.07. The van der Waals surface area contributed by atoms with E-state index in [0.717, 1.165) is 18.5 Å². The zero-order valence-electron chi connectivity index (χ0n) is 9.95. The molecule has 1 aromatic rings. The molecule has 1 heterocycles. The van der Waals surface area contributed by atoms with Crippen molar-refractivity contribution in [2.45, 2.75) is 43.9 Å². The molecule has 1 aromatic carbocycles. The summed E-state index contributed by atoms with van der Waals surface area (Å²) in [6.07, 6.45) is 6.37. The number of para-hydroxylation sites is 1. The lowest BCUT2D eigenvalue weighted by molar-refractivity contribution is 0.438. The van der Waals surface area contributed by atoms with Gasteiger partial charge in [0, 0.05) is 17.5 Å². The van der Waals surface area contributed by atoms with Crippen LogP contribution in [0.3, 0.4) is 0 Å². The lowest BCUT2D eigenvalue weighted by Crippen LogP contribution is -2.36. The summed E-state index contributed by atoms with van der Waals surface area (Å²) in [5.74, 6) is 0. The molecular weight excluding hydrogens is 208 g/mol. The molecule has 1 saturated carbocycles. The van der Waals surface area contributed by atoms with Crippen LogP contribution in [0.2, 0.25) is 0 Å². The van der Waals surface area contributed by atoms with Gasteiger partial charge in [-0.25, -0.2) is 0 Å². The quantitative estimate of drug-likeness (QED) is 0.750. The van der Waals surface area contributed by atoms with Crippen molar-refractivity contribution in [1.29, 1.82) is 5.26 Å². The second-order valence-electron chi connectivity index (χ2n) is 5.02. The van der Waals surface area contributed by atoms with Crippen molar-refractivity contribution in [1.82, 2.24) is 0 Å². The first kappa shape index (κ1) is 10.5. The Morgan fingerprint density at radius 1 is 1.29 bits per heavy atom. The molecule has 1 aliphatic carbocycles. The fourth-order valence-electron chi connectivity index (χ4n) is 3.35. The van der Waals surface area contributed by atoms with Gasteiger partial charge in [0.05, 0.1) is 11.8 Å². The van der Waals surface area contributed by atoms with Crippen LogP contribution in [-0.2, 0) is 5.41 Å². The third-order valence-corrected chi connectivity index (χ3v) is 4.16. The van der Waals surface area contributed by atoms with Gasteiger partial charge in [-0.1, -0.05) is 24.6 Å². The van der Waals surface area contributed by atoms with Gasteiger partial charge in [0.15, 0.2) is 0 Å². The van der Waals surface area contributed by atoms with Gasteiger partial charge in [0.2, 0.25) is 0 Å². The van der Waals surface area contributed by atoms with Crippen molar-refractivity contribution in [3.05, 3.63) is 29.8 Å². The second kappa shape index (κ2) is 4.00. The Morgan fingerprint density at radius 2 is 2.18 bits per heavy atom. The van der Waals surface area contributed by atoms with Gasteiger partial charge in [0.1, 0.15) is 0 Å². The molecule has 0 saturated heterocycles. The van der Waals surface area contributed by atoms with E-state index >= 15 is 0 Å². The Labute approximate surface area is 102 Å². The van der Waals surface area contributed by atoms with Crippen LogP contribution >= 0.6 is 0 Å². The van der Waals surface area contributed by atoms with Crippen LogP contribution in [-0.4, -0.2) is 5.71 Å². The summed E-state index contributed by atoms with van der Waals surface area (Å²) in [7, 11) is 0. The Hall–Kier alpha value is -1.62. The standard InChI is InChI=1S/C15H16N2/c16-11-5-10-15-9-4-3-8-14(15)17-13-7-2-1-6-12(13)15/h1-2,6-7H,3-5,8-10H2/t15-/m1/s1. The number of aliphatic imine (C=N–C) groups is 1. The molecule has 1 aliphatic heterocycles. The van der Waals surface area contributed by atoms with Crippen molar-refractivity contribution in [2.24, 2.45) is 4.99 Å². The van der Waals surface area contributed by atoms with Gasteiger partial charge in [-0.15, -0.1) is 0 Å². The van der Waals surface area contributed by atoms with E-state index in [1.165, 1.54) is 30.5 Å². The molecule has 0 amide bonds. The SMILES string of the molecule is N#CCC[C@@]12CCCCC1=Nc1ccccc12. The molecule has 0 spiro atoms. The fourth-order valence-corrected chi connectivity index (χ4v) is 3.35. The lowest BCUT2D eigenvalue weighted by Gasteiger charge is -2.35. The van der Waals surface area contributed by atoms with Gasteiger partial charge >= 0.3 is 0 Å². The first-order valence-corrected chi connectivity index (χ1v) is 6.41. The largest absolute Gasteiger partial charge is 0.257 e. The number of nitriles is 1. The highest BCUT2D eigenvalue weighted by Gasteiger charge is 2.43. The van der Waals surface area contributed by atoms with Gasteiger partial charge in [0.25, 0.3) is 0 Å². The molecule has 0 aromatic heterocycles. The van der Waals surface area contributed by atoms with Crippen LogP contribution in [0.1, 0.15) is 44.1 Å². The van der Waals surface area contributed by atoms with Crippen LogP contribution in [0.5, 0.6) is 0 Å². The van der Waals surface area contributed by atoms with Crippen molar-refractivity contribution < 1.29 is 0 Å². The van der Waals surface area contributed by atoms with Crippen LogP contribution in [0.25, 0.3) is 0 Å². The molecule has 2 aliphatic rings. The number of fused-ring (bicyclic) bond motifs is 3. The molecule has 17 heavy (non-hydrogen) atoms. The predicted octanol–water partition coefficient (Wildman–Crippen LogP) is 3.89.